The summed E-state index contributed by atoms with van der Waals surface area (Å²) in [5.41, 5.74) is 2.86. The molecule has 0 aliphatic rings. The summed E-state index contributed by atoms with van der Waals surface area (Å²) in [5.74, 6) is 0. The Morgan fingerprint density at radius 3 is 2.40 bits per heavy atom. The minimum atomic E-state index is 0.682. The van der Waals surface area contributed by atoms with Crippen molar-refractivity contribution in [2.75, 3.05) is 0 Å². The van der Waals surface area contributed by atoms with E-state index in [1.807, 2.05) is 31.2 Å². The van der Waals surface area contributed by atoms with E-state index in [1.165, 1.54) is 6.21 Å². The maximum Gasteiger partial charge on any atom is 0.150 e. The second-order valence-corrected chi connectivity index (χ2v) is 3.14. The van der Waals surface area contributed by atoms with E-state index in [1.54, 1.807) is 18.2 Å². The van der Waals surface area contributed by atoms with E-state index in [0.29, 0.717) is 5.56 Å². The van der Waals surface area contributed by atoms with Gasteiger partial charge in [-0.3, -0.25) is 4.79 Å². The Balaban J connectivity index is 2.86. The molecule has 0 atom stereocenters. The molecule has 2 heteroatoms. The molecule has 15 heavy (non-hydrogen) atoms. The molecule has 0 saturated heterocycles. The Labute approximate surface area is 89.5 Å². The molecule has 0 amide bonds. The van der Waals surface area contributed by atoms with Gasteiger partial charge >= 0.3 is 0 Å². The number of hydrogen-bond acceptors (Lipinski definition) is 2. The summed E-state index contributed by atoms with van der Waals surface area (Å²) in [4.78, 5) is 10.4. The fourth-order valence-corrected chi connectivity index (χ4v) is 1.18. The van der Waals surface area contributed by atoms with Gasteiger partial charge in [-0.05, 0) is 24.1 Å². The SMILES string of the molecule is C/C(=C\C=C/C=N)c1ccc(C=O)cc1. The third-order valence-corrected chi connectivity index (χ3v) is 2.06. The first-order valence-corrected chi connectivity index (χ1v) is 4.67. The van der Waals surface area contributed by atoms with E-state index >= 15 is 0 Å². The Hall–Kier alpha value is -1.96. The van der Waals surface area contributed by atoms with Crippen LogP contribution in [0.15, 0.2) is 42.5 Å². The molecule has 0 aromatic heterocycles. The number of benzene rings is 1. The molecule has 2 nitrogen and oxygen atoms in total. The molecule has 0 fully saturated rings. The monoisotopic (exact) mass is 199 g/mol. The van der Waals surface area contributed by atoms with Crippen molar-refractivity contribution in [3.63, 3.8) is 0 Å². The largest absolute Gasteiger partial charge is 0.309 e. The molecule has 1 N–H and O–H groups in total. The predicted molar refractivity (Wildman–Crippen MR) is 63.4 cm³/mol. The molecule has 0 spiro atoms. The number of hydrogen-bond donors (Lipinski definition) is 1. The summed E-state index contributed by atoms with van der Waals surface area (Å²) in [5, 5.41) is 6.82. The summed E-state index contributed by atoms with van der Waals surface area (Å²) >= 11 is 0. The third-order valence-electron chi connectivity index (χ3n) is 2.06. The highest BCUT2D eigenvalue weighted by Crippen LogP contribution is 2.13. The molecular formula is C13H13NO. The van der Waals surface area contributed by atoms with Gasteiger partial charge in [-0.2, -0.15) is 0 Å². The van der Waals surface area contributed by atoms with Gasteiger partial charge in [0.1, 0.15) is 6.29 Å². The first-order chi connectivity index (χ1) is 7.27. The smallest absolute Gasteiger partial charge is 0.150 e. The summed E-state index contributed by atoms with van der Waals surface area (Å²) in [6, 6.07) is 7.40. The van der Waals surface area contributed by atoms with Gasteiger partial charge in [-0.25, -0.2) is 0 Å². The lowest BCUT2D eigenvalue weighted by atomic mass is 10.1. The van der Waals surface area contributed by atoms with Gasteiger partial charge < -0.3 is 5.41 Å². The highest BCUT2D eigenvalue weighted by atomic mass is 16.1. The summed E-state index contributed by atoms with van der Waals surface area (Å²) in [6.07, 6.45) is 7.47. The van der Waals surface area contributed by atoms with Crippen molar-refractivity contribution in [2.24, 2.45) is 0 Å². The lowest BCUT2D eigenvalue weighted by Gasteiger charge is -1.99. The van der Waals surface area contributed by atoms with Crippen molar-refractivity contribution in [1.29, 1.82) is 5.41 Å². The molecule has 0 aliphatic heterocycles. The highest BCUT2D eigenvalue weighted by molar-refractivity contribution is 5.76. The normalized spacial score (nSPS) is 11.7. The second kappa shape index (κ2) is 5.70. The summed E-state index contributed by atoms with van der Waals surface area (Å²) in [7, 11) is 0. The molecule has 1 aromatic rings. The number of nitrogens with one attached hydrogen (secondary N) is 1. The van der Waals surface area contributed by atoms with Crippen molar-refractivity contribution in [2.45, 2.75) is 6.92 Å². The zero-order valence-electron chi connectivity index (χ0n) is 8.60. The molecule has 0 unspecified atom stereocenters. The highest BCUT2D eigenvalue weighted by Gasteiger charge is 1.94. The fourth-order valence-electron chi connectivity index (χ4n) is 1.18. The topological polar surface area (TPSA) is 40.9 Å². The molecule has 76 valence electrons. The molecule has 0 aliphatic carbocycles. The first kappa shape index (κ1) is 11.1. The molecule has 1 rings (SSSR count). The van der Waals surface area contributed by atoms with Crippen LogP contribution in [0.1, 0.15) is 22.8 Å². The summed E-state index contributed by atoms with van der Waals surface area (Å²) in [6.45, 7) is 1.99. The molecule has 0 heterocycles. The maximum absolute atomic E-state index is 10.4. The molecule has 0 bridgehead atoms. The van der Waals surface area contributed by atoms with Crippen LogP contribution in [0, 0.1) is 5.41 Å². The van der Waals surface area contributed by atoms with Gasteiger partial charge in [0.05, 0.1) is 0 Å². The van der Waals surface area contributed by atoms with Gasteiger partial charge in [0, 0.05) is 11.8 Å². The molecule has 1 aromatic carbocycles. The van der Waals surface area contributed by atoms with Gasteiger partial charge in [-0.15, -0.1) is 0 Å². The second-order valence-electron chi connectivity index (χ2n) is 3.14. The van der Waals surface area contributed by atoms with Crippen LogP contribution in [0.5, 0.6) is 0 Å². The Kier molecular flexibility index (Phi) is 4.23. The number of carbonyl (C=O) groups excluding carboxylic acids is 1. The van der Waals surface area contributed by atoms with E-state index in [4.69, 9.17) is 5.41 Å². The van der Waals surface area contributed by atoms with Crippen LogP contribution in [0.3, 0.4) is 0 Å². The predicted octanol–water partition coefficient (Wildman–Crippen LogP) is 3.11. The van der Waals surface area contributed by atoms with Gasteiger partial charge in [0.25, 0.3) is 0 Å². The van der Waals surface area contributed by atoms with Crippen LogP contribution in [-0.4, -0.2) is 12.5 Å². The third kappa shape index (κ3) is 3.35. The lowest BCUT2D eigenvalue weighted by Crippen LogP contribution is -1.82. The Morgan fingerprint density at radius 1 is 1.20 bits per heavy atom. The van der Waals surface area contributed by atoms with E-state index in [9.17, 15) is 4.79 Å². The minimum Gasteiger partial charge on any atom is -0.309 e. The average Bonchev–Trinajstić information content (AvgIpc) is 2.29. The van der Waals surface area contributed by atoms with Crippen molar-refractivity contribution in [1.82, 2.24) is 0 Å². The number of allylic oxidation sites excluding steroid dienone is 4. The van der Waals surface area contributed by atoms with Crippen molar-refractivity contribution in [3.05, 3.63) is 53.6 Å². The maximum atomic E-state index is 10.4. The van der Waals surface area contributed by atoms with Gasteiger partial charge in [0.15, 0.2) is 0 Å². The number of rotatable bonds is 4. The van der Waals surface area contributed by atoms with Crippen LogP contribution >= 0.6 is 0 Å². The zero-order chi connectivity index (χ0) is 11.1. The van der Waals surface area contributed by atoms with Crippen molar-refractivity contribution in [3.8, 4) is 0 Å². The van der Waals surface area contributed by atoms with Crippen molar-refractivity contribution < 1.29 is 4.79 Å². The average molecular weight is 199 g/mol. The van der Waals surface area contributed by atoms with Crippen LogP contribution in [0.4, 0.5) is 0 Å². The van der Waals surface area contributed by atoms with Crippen molar-refractivity contribution >= 4 is 18.1 Å². The molecule has 0 radical (unpaired) electrons. The number of carbonyl (C=O) groups is 1. The van der Waals surface area contributed by atoms with Crippen LogP contribution in [-0.2, 0) is 0 Å². The van der Waals surface area contributed by atoms with Crippen LogP contribution in [0.25, 0.3) is 5.57 Å². The Bertz CT molecular complexity index is 399. The van der Waals surface area contributed by atoms with Gasteiger partial charge in [0.2, 0.25) is 0 Å². The minimum absolute atomic E-state index is 0.682. The van der Waals surface area contributed by atoms with E-state index < -0.39 is 0 Å². The van der Waals surface area contributed by atoms with Crippen LogP contribution in [0.2, 0.25) is 0 Å². The van der Waals surface area contributed by atoms with Gasteiger partial charge in [-0.1, -0.05) is 36.4 Å². The van der Waals surface area contributed by atoms with E-state index in [2.05, 4.69) is 0 Å². The Morgan fingerprint density at radius 2 is 1.87 bits per heavy atom. The quantitative estimate of drug-likeness (QED) is 0.452. The van der Waals surface area contributed by atoms with Crippen LogP contribution < -0.4 is 0 Å². The zero-order valence-corrected chi connectivity index (χ0v) is 8.60. The molecular weight excluding hydrogens is 186 g/mol. The standard InChI is InChI=1S/C13H13NO/c1-11(4-2-3-9-14)13-7-5-12(10-15)6-8-13/h2-10,14H,1H3/b3-2-,11-4+,14-9?. The summed E-state index contributed by atoms with van der Waals surface area (Å²) < 4.78 is 0. The fraction of sp³-hybridized carbons (Fsp3) is 0.0769. The van der Waals surface area contributed by atoms with E-state index in [-0.39, 0.29) is 0 Å². The lowest BCUT2D eigenvalue weighted by molar-refractivity contribution is 0.112. The van der Waals surface area contributed by atoms with E-state index in [0.717, 1.165) is 17.4 Å². The first-order valence-electron chi connectivity index (χ1n) is 4.67. The number of aldehydes is 1. The molecule has 0 saturated carbocycles.